The predicted molar refractivity (Wildman–Crippen MR) is 79.1 cm³/mol. The van der Waals surface area contributed by atoms with E-state index in [0.29, 0.717) is 5.41 Å². The summed E-state index contributed by atoms with van der Waals surface area (Å²) in [6.45, 7) is 1.47. The highest BCUT2D eigenvalue weighted by Crippen LogP contribution is 2.44. The summed E-state index contributed by atoms with van der Waals surface area (Å²) < 4.78 is 0. The number of nitrogens with zero attached hydrogens (tertiary/aromatic N) is 2. The first-order valence-electron chi connectivity index (χ1n) is 8.37. The van der Waals surface area contributed by atoms with Crippen LogP contribution in [-0.2, 0) is 4.79 Å². The summed E-state index contributed by atoms with van der Waals surface area (Å²) in [4.78, 5) is 27.0. The van der Waals surface area contributed by atoms with Crippen LogP contribution in [0.25, 0.3) is 0 Å². The second kappa shape index (κ2) is 5.85. The summed E-state index contributed by atoms with van der Waals surface area (Å²) in [5.74, 6) is -0.906. The minimum atomic E-state index is -0.906. The van der Waals surface area contributed by atoms with E-state index in [2.05, 4.69) is 0 Å². The summed E-state index contributed by atoms with van der Waals surface area (Å²) in [7, 11) is 0. The molecule has 1 heterocycles. The maximum absolute atomic E-state index is 12.6. The van der Waals surface area contributed by atoms with Gasteiger partial charge in [-0.25, -0.2) is 4.79 Å². The molecular formula is C16H26N2O3. The van der Waals surface area contributed by atoms with Crippen LogP contribution in [0.15, 0.2) is 0 Å². The Bertz CT molecular complexity index is 404. The minimum absolute atomic E-state index is 0.0504. The van der Waals surface area contributed by atoms with Crippen LogP contribution >= 0.6 is 0 Å². The first-order chi connectivity index (χ1) is 10.1. The molecule has 0 bridgehead atoms. The van der Waals surface area contributed by atoms with Gasteiger partial charge in [0.05, 0.1) is 0 Å². The molecule has 0 unspecified atom stereocenters. The van der Waals surface area contributed by atoms with Gasteiger partial charge in [0, 0.05) is 19.1 Å². The Hall–Kier alpha value is -1.26. The lowest BCUT2D eigenvalue weighted by Crippen LogP contribution is -2.51. The molecule has 0 radical (unpaired) electrons. The standard InChI is InChI=1S/C16H26N2O3/c19-14(20)12-18(13-4-5-13)15(21)17-10-8-16(9-11-17)6-2-1-3-7-16/h13H,1-12H2,(H,19,20). The number of carboxylic acid groups (broad SMARTS) is 1. The number of carboxylic acids is 1. The van der Waals surface area contributed by atoms with Crippen molar-refractivity contribution < 1.29 is 14.7 Å². The Morgan fingerprint density at radius 3 is 2.19 bits per heavy atom. The third kappa shape index (κ3) is 3.33. The molecule has 0 aromatic rings. The number of rotatable bonds is 3. The monoisotopic (exact) mass is 294 g/mol. The van der Waals surface area contributed by atoms with Crippen LogP contribution in [0, 0.1) is 5.41 Å². The first kappa shape index (κ1) is 14.7. The molecule has 2 aliphatic carbocycles. The zero-order chi connectivity index (χ0) is 14.9. The van der Waals surface area contributed by atoms with Crippen LogP contribution in [0.1, 0.15) is 57.8 Å². The minimum Gasteiger partial charge on any atom is -0.480 e. The van der Waals surface area contributed by atoms with Gasteiger partial charge >= 0.3 is 12.0 Å². The molecule has 5 heteroatoms. The summed E-state index contributed by atoms with van der Waals surface area (Å²) in [6, 6.07) is 0.115. The zero-order valence-electron chi connectivity index (χ0n) is 12.7. The summed E-state index contributed by atoms with van der Waals surface area (Å²) in [5.41, 5.74) is 0.478. The van der Waals surface area contributed by atoms with Crippen molar-refractivity contribution in [2.24, 2.45) is 5.41 Å². The molecule has 1 spiro atoms. The van der Waals surface area contributed by atoms with E-state index in [1.54, 1.807) is 4.90 Å². The van der Waals surface area contributed by atoms with Crippen LogP contribution in [0.5, 0.6) is 0 Å². The fourth-order valence-corrected chi connectivity index (χ4v) is 4.04. The lowest BCUT2D eigenvalue weighted by atomic mass is 9.68. The van der Waals surface area contributed by atoms with E-state index in [1.165, 1.54) is 32.1 Å². The SMILES string of the molecule is O=C(O)CN(C(=O)N1CCC2(CCCCC2)CC1)C1CC1. The van der Waals surface area contributed by atoms with Crippen molar-refractivity contribution in [3.8, 4) is 0 Å². The van der Waals surface area contributed by atoms with Crippen molar-refractivity contribution in [3.05, 3.63) is 0 Å². The predicted octanol–water partition coefficient (Wildman–Crippen LogP) is 2.70. The third-order valence-electron chi connectivity index (χ3n) is 5.55. The number of piperidine rings is 1. The number of carbonyl (C=O) groups excluding carboxylic acids is 1. The van der Waals surface area contributed by atoms with Gasteiger partial charge in [-0.05, 0) is 43.9 Å². The van der Waals surface area contributed by atoms with Gasteiger partial charge in [0.15, 0.2) is 0 Å². The Kier molecular flexibility index (Phi) is 4.09. The molecule has 2 amide bonds. The average Bonchev–Trinajstić information content (AvgIpc) is 3.30. The lowest BCUT2D eigenvalue weighted by molar-refractivity contribution is -0.137. The smallest absolute Gasteiger partial charge is 0.323 e. The largest absolute Gasteiger partial charge is 0.480 e. The van der Waals surface area contributed by atoms with Crippen molar-refractivity contribution in [1.82, 2.24) is 9.80 Å². The molecule has 118 valence electrons. The molecule has 5 nitrogen and oxygen atoms in total. The van der Waals surface area contributed by atoms with E-state index >= 15 is 0 Å². The molecule has 1 N–H and O–H groups in total. The fourth-order valence-electron chi connectivity index (χ4n) is 4.04. The van der Waals surface area contributed by atoms with Crippen molar-refractivity contribution in [2.45, 2.75) is 63.8 Å². The van der Waals surface area contributed by atoms with Crippen LogP contribution in [0.3, 0.4) is 0 Å². The average molecular weight is 294 g/mol. The molecule has 3 fully saturated rings. The van der Waals surface area contributed by atoms with Gasteiger partial charge in [-0.3, -0.25) is 4.79 Å². The summed E-state index contributed by atoms with van der Waals surface area (Å²) >= 11 is 0. The topological polar surface area (TPSA) is 60.9 Å². The highest BCUT2D eigenvalue weighted by molar-refractivity contribution is 5.80. The molecular weight excluding hydrogens is 268 g/mol. The van der Waals surface area contributed by atoms with Crippen molar-refractivity contribution in [3.63, 3.8) is 0 Å². The van der Waals surface area contributed by atoms with E-state index in [0.717, 1.165) is 38.8 Å². The maximum atomic E-state index is 12.6. The van der Waals surface area contributed by atoms with Gasteiger partial charge in [0.25, 0.3) is 0 Å². The number of amides is 2. The van der Waals surface area contributed by atoms with Crippen LogP contribution in [-0.4, -0.2) is 52.6 Å². The van der Waals surface area contributed by atoms with Crippen molar-refractivity contribution >= 4 is 12.0 Å². The van der Waals surface area contributed by atoms with E-state index in [1.807, 2.05) is 4.90 Å². The van der Waals surface area contributed by atoms with Crippen molar-refractivity contribution in [2.75, 3.05) is 19.6 Å². The van der Waals surface area contributed by atoms with Gasteiger partial charge in [-0.2, -0.15) is 0 Å². The third-order valence-corrected chi connectivity index (χ3v) is 5.55. The highest BCUT2D eigenvalue weighted by atomic mass is 16.4. The number of hydrogen-bond acceptors (Lipinski definition) is 2. The lowest BCUT2D eigenvalue weighted by Gasteiger charge is -2.45. The molecule has 0 atom stereocenters. The van der Waals surface area contributed by atoms with Gasteiger partial charge in [0.1, 0.15) is 6.54 Å². The highest BCUT2D eigenvalue weighted by Gasteiger charge is 2.40. The molecule has 21 heavy (non-hydrogen) atoms. The second-order valence-corrected chi connectivity index (χ2v) is 7.08. The number of carbonyl (C=O) groups is 2. The number of aliphatic carboxylic acids is 1. The maximum Gasteiger partial charge on any atom is 0.323 e. The van der Waals surface area contributed by atoms with E-state index in [-0.39, 0.29) is 18.6 Å². The normalized spacial score (nSPS) is 24.9. The number of likely N-dealkylation sites (tertiary alicyclic amines) is 1. The Labute approximate surface area is 126 Å². The number of hydrogen-bond donors (Lipinski definition) is 1. The molecule has 0 aromatic carbocycles. The molecule has 3 rings (SSSR count). The molecule has 0 aromatic heterocycles. The number of urea groups is 1. The zero-order valence-corrected chi connectivity index (χ0v) is 12.7. The van der Waals surface area contributed by atoms with Gasteiger partial charge < -0.3 is 14.9 Å². The Balaban J connectivity index is 1.57. The fraction of sp³-hybridized carbons (Fsp3) is 0.875. The van der Waals surface area contributed by atoms with Crippen LogP contribution in [0.4, 0.5) is 4.79 Å². The summed E-state index contributed by atoms with van der Waals surface area (Å²) in [5, 5.41) is 8.99. The molecule has 2 saturated carbocycles. The Morgan fingerprint density at radius 2 is 1.67 bits per heavy atom. The van der Waals surface area contributed by atoms with Crippen molar-refractivity contribution in [1.29, 1.82) is 0 Å². The molecule has 3 aliphatic rings. The first-order valence-corrected chi connectivity index (χ1v) is 8.37. The van der Waals surface area contributed by atoms with E-state index in [4.69, 9.17) is 5.11 Å². The van der Waals surface area contributed by atoms with Gasteiger partial charge in [-0.15, -0.1) is 0 Å². The van der Waals surface area contributed by atoms with Gasteiger partial charge in [-0.1, -0.05) is 19.3 Å². The Morgan fingerprint density at radius 1 is 1.05 bits per heavy atom. The van der Waals surface area contributed by atoms with E-state index in [9.17, 15) is 9.59 Å². The van der Waals surface area contributed by atoms with E-state index < -0.39 is 5.97 Å². The van der Waals surface area contributed by atoms with Crippen LogP contribution < -0.4 is 0 Å². The molecule has 1 aliphatic heterocycles. The van der Waals surface area contributed by atoms with Gasteiger partial charge in [0.2, 0.25) is 0 Å². The molecule has 1 saturated heterocycles. The van der Waals surface area contributed by atoms with Crippen LogP contribution in [0.2, 0.25) is 0 Å². The quantitative estimate of drug-likeness (QED) is 0.870. The summed E-state index contributed by atoms with van der Waals surface area (Å²) in [6.07, 6.45) is 10.8. The second-order valence-electron chi connectivity index (χ2n) is 7.08.